The van der Waals surface area contributed by atoms with E-state index in [2.05, 4.69) is 43.3 Å². The van der Waals surface area contributed by atoms with E-state index in [0.29, 0.717) is 28.1 Å². The van der Waals surface area contributed by atoms with Gasteiger partial charge in [-0.15, -0.1) is 16.8 Å². The summed E-state index contributed by atoms with van der Waals surface area (Å²) in [6, 6.07) is 10.3. The van der Waals surface area contributed by atoms with Gasteiger partial charge >= 0.3 is 0 Å². The van der Waals surface area contributed by atoms with E-state index in [1.807, 2.05) is 25.1 Å². The zero-order chi connectivity index (χ0) is 24.0. The molecule has 7 nitrogen and oxygen atoms in total. The van der Waals surface area contributed by atoms with Crippen LogP contribution in [0.2, 0.25) is 10.0 Å². The molecule has 33 heavy (non-hydrogen) atoms. The molecule has 11 heteroatoms. The molecule has 2 aromatic carbocycles. The van der Waals surface area contributed by atoms with Gasteiger partial charge in [-0.25, -0.2) is 0 Å². The second-order valence-corrected chi connectivity index (χ2v) is 9.60. The number of hydrogen-bond donors (Lipinski definition) is 2. The summed E-state index contributed by atoms with van der Waals surface area (Å²) in [4.78, 5) is 24.9. The lowest BCUT2D eigenvalue weighted by Gasteiger charge is -2.10. The molecule has 0 aliphatic heterocycles. The molecule has 0 bridgehead atoms. The summed E-state index contributed by atoms with van der Waals surface area (Å²) in [7, 11) is 0. The Hall–Kier alpha value is -2.33. The standard InChI is InChI=1S/C22H20BrCl2N5O2S/c1-3-8-30-19(11-26-21(32)16-6-5-15(24)10-17(16)25)28-29-22(30)33-12-20(31)27-18-7-4-14(23)9-13(18)2/h3-7,9-10H,1,8,11-12H2,2H3,(H,26,32)(H,27,31). The third kappa shape index (κ3) is 6.83. The number of benzene rings is 2. The summed E-state index contributed by atoms with van der Waals surface area (Å²) >= 11 is 16.6. The van der Waals surface area contributed by atoms with Gasteiger partial charge in [0.25, 0.3) is 5.91 Å². The highest BCUT2D eigenvalue weighted by atomic mass is 79.9. The van der Waals surface area contributed by atoms with E-state index in [9.17, 15) is 9.59 Å². The molecular formula is C22H20BrCl2N5O2S. The quantitative estimate of drug-likeness (QED) is 0.263. The number of anilines is 1. The van der Waals surface area contributed by atoms with Gasteiger partial charge in [0.2, 0.25) is 5.91 Å². The number of amides is 2. The molecule has 0 radical (unpaired) electrons. The molecule has 1 heterocycles. The van der Waals surface area contributed by atoms with Crippen LogP contribution in [0.5, 0.6) is 0 Å². The molecule has 0 atom stereocenters. The molecule has 0 spiro atoms. The molecule has 3 aromatic rings. The van der Waals surface area contributed by atoms with Crippen molar-refractivity contribution < 1.29 is 9.59 Å². The summed E-state index contributed by atoms with van der Waals surface area (Å²) in [5.74, 6) is 0.159. The predicted octanol–water partition coefficient (Wildman–Crippen LogP) is 5.50. The van der Waals surface area contributed by atoms with Crippen molar-refractivity contribution in [2.24, 2.45) is 0 Å². The maximum Gasteiger partial charge on any atom is 0.253 e. The Morgan fingerprint density at radius 2 is 2.00 bits per heavy atom. The van der Waals surface area contributed by atoms with E-state index >= 15 is 0 Å². The van der Waals surface area contributed by atoms with Crippen LogP contribution in [0, 0.1) is 6.92 Å². The van der Waals surface area contributed by atoms with Crippen molar-refractivity contribution in [2.45, 2.75) is 25.2 Å². The first kappa shape index (κ1) is 25.3. The van der Waals surface area contributed by atoms with E-state index in [1.165, 1.54) is 17.8 Å². The lowest BCUT2D eigenvalue weighted by atomic mass is 10.2. The summed E-state index contributed by atoms with van der Waals surface area (Å²) < 4.78 is 2.74. The Balaban J connectivity index is 1.63. The van der Waals surface area contributed by atoms with Crippen LogP contribution in [0.4, 0.5) is 5.69 Å². The highest BCUT2D eigenvalue weighted by molar-refractivity contribution is 9.10. The molecular weight excluding hydrogens is 549 g/mol. The maximum absolute atomic E-state index is 12.5. The fraction of sp³-hybridized carbons (Fsp3) is 0.182. The largest absolute Gasteiger partial charge is 0.345 e. The van der Waals surface area contributed by atoms with Gasteiger partial charge in [0.1, 0.15) is 0 Å². The summed E-state index contributed by atoms with van der Waals surface area (Å²) in [5, 5.41) is 15.3. The van der Waals surface area contributed by atoms with Crippen molar-refractivity contribution in [3.63, 3.8) is 0 Å². The van der Waals surface area contributed by atoms with E-state index in [0.717, 1.165) is 15.7 Å². The molecule has 172 valence electrons. The number of nitrogens with zero attached hydrogens (tertiary/aromatic N) is 3. The number of carbonyl (C=O) groups is 2. The van der Waals surface area contributed by atoms with Crippen LogP contribution in [0.25, 0.3) is 0 Å². The highest BCUT2D eigenvalue weighted by Crippen LogP contribution is 2.23. The number of thioether (sulfide) groups is 1. The summed E-state index contributed by atoms with van der Waals surface area (Å²) in [6.07, 6.45) is 1.69. The molecule has 0 aliphatic rings. The monoisotopic (exact) mass is 567 g/mol. The van der Waals surface area contributed by atoms with Gasteiger partial charge in [-0.05, 0) is 48.9 Å². The Morgan fingerprint density at radius 3 is 2.70 bits per heavy atom. The van der Waals surface area contributed by atoms with Crippen LogP contribution < -0.4 is 10.6 Å². The van der Waals surface area contributed by atoms with E-state index in [4.69, 9.17) is 23.2 Å². The fourth-order valence-electron chi connectivity index (χ4n) is 2.88. The number of hydrogen-bond acceptors (Lipinski definition) is 5. The number of halogens is 3. The van der Waals surface area contributed by atoms with Crippen LogP contribution in [0.1, 0.15) is 21.7 Å². The third-order valence-corrected chi connectivity index (χ3v) is 6.49. The Morgan fingerprint density at radius 1 is 1.21 bits per heavy atom. The van der Waals surface area contributed by atoms with Gasteiger partial charge in [-0.1, -0.05) is 57.0 Å². The average molecular weight is 569 g/mol. The summed E-state index contributed by atoms with van der Waals surface area (Å²) in [6.45, 7) is 6.24. The fourth-order valence-corrected chi connectivity index (χ4v) is 4.62. The molecule has 0 aliphatic carbocycles. The first-order valence-corrected chi connectivity index (χ1v) is 12.3. The van der Waals surface area contributed by atoms with Crippen LogP contribution in [0.3, 0.4) is 0 Å². The lowest BCUT2D eigenvalue weighted by molar-refractivity contribution is -0.113. The first-order valence-electron chi connectivity index (χ1n) is 9.73. The zero-order valence-electron chi connectivity index (χ0n) is 17.6. The topological polar surface area (TPSA) is 88.9 Å². The second kappa shape index (κ2) is 11.7. The predicted molar refractivity (Wildman–Crippen MR) is 136 cm³/mol. The molecule has 0 fully saturated rings. The average Bonchev–Trinajstić information content (AvgIpc) is 3.14. The van der Waals surface area contributed by atoms with Crippen LogP contribution in [-0.2, 0) is 17.9 Å². The van der Waals surface area contributed by atoms with Crippen molar-refractivity contribution in [2.75, 3.05) is 11.1 Å². The summed E-state index contributed by atoms with van der Waals surface area (Å²) in [5.41, 5.74) is 2.02. The van der Waals surface area contributed by atoms with Gasteiger partial charge in [0.15, 0.2) is 11.0 Å². The number of allylic oxidation sites excluding steroid dienone is 1. The highest BCUT2D eigenvalue weighted by Gasteiger charge is 2.16. The SMILES string of the molecule is C=CCn1c(CNC(=O)c2ccc(Cl)cc2Cl)nnc1SCC(=O)Nc1ccc(Br)cc1C. The number of carbonyl (C=O) groups excluding carboxylic acids is 2. The second-order valence-electron chi connectivity index (χ2n) is 6.90. The number of rotatable bonds is 9. The van der Waals surface area contributed by atoms with Gasteiger partial charge in [-0.3, -0.25) is 9.59 Å². The molecule has 0 unspecified atom stereocenters. The lowest BCUT2D eigenvalue weighted by Crippen LogP contribution is -2.25. The normalized spacial score (nSPS) is 10.7. The van der Waals surface area contributed by atoms with Gasteiger partial charge in [0, 0.05) is 21.7 Å². The van der Waals surface area contributed by atoms with Crippen molar-refractivity contribution in [3.05, 3.63) is 80.5 Å². The Bertz CT molecular complexity index is 1200. The zero-order valence-corrected chi connectivity index (χ0v) is 21.5. The Kier molecular flexibility index (Phi) is 8.96. The smallest absolute Gasteiger partial charge is 0.253 e. The van der Waals surface area contributed by atoms with E-state index < -0.39 is 0 Å². The molecule has 0 saturated carbocycles. The van der Waals surface area contributed by atoms with Crippen molar-refractivity contribution in [1.82, 2.24) is 20.1 Å². The molecule has 2 amide bonds. The number of nitrogens with one attached hydrogen (secondary N) is 2. The molecule has 1 aromatic heterocycles. The Labute approximate surface area is 214 Å². The van der Waals surface area contributed by atoms with Crippen LogP contribution in [-0.4, -0.2) is 32.3 Å². The third-order valence-electron chi connectivity index (χ3n) is 4.48. The minimum atomic E-state index is -0.358. The number of aromatic nitrogens is 3. The molecule has 3 rings (SSSR count). The van der Waals surface area contributed by atoms with Crippen LogP contribution >= 0.6 is 50.9 Å². The van der Waals surface area contributed by atoms with E-state index in [-0.39, 0.29) is 29.1 Å². The minimum Gasteiger partial charge on any atom is -0.345 e. The minimum absolute atomic E-state index is 0.128. The van der Waals surface area contributed by atoms with Gasteiger partial charge < -0.3 is 15.2 Å². The van der Waals surface area contributed by atoms with Crippen molar-refractivity contribution in [1.29, 1.82) is 0 Å². The van der Waals surface area contributed by atoms with E-state index in [1.54, 1.807) is 22.8 Å². The van der Waals surface area contributed by atoms with Crippen molar-refractivity contribution in [3.8, 4) is 0 Å². The number of aryl methyl sites for hydroxylation is 1. The first-order chi connectivity index (χ1) is 15.8. The van der Waals surface area contributed by atoms with Gasteiger partial charge in [-0.2, -0.15) is 0 Å². The molecule has 2 N–H and O–H groups in total. The maximum atomic E-state index is 12.5. The van der Waals surface area contributed by atoms with Crippen molar-refractivity contribution >= 4 is 68.4 Å². The molecule has 0 saturated heterocycles. The van der Waals surface area contributed by atoms with Gasteiger partial charge in [0.05, 0.1) is 22.9 Å². The van der Waals surface area contributed by atoms with Crippen LogP contribution in [0.15, 0.2) is 58.7 Å².